The Morgan fingerprint density at radius 2 is 2.10 bits per heavy atom. The van der Waals surface area contributed by atoms with Crippen molar-refractivity contribution in [2.24, 2.45) is 11.8 Å². The molecule has 3 rings (SSSR count). The second-order valence-electron chi connectivity index (χ2n) is 6.27. The minimum Gasteiger partial charge on any atom is -0.491 e. The van der Waals surface area contributed by atoms with Gasteiger partial charge in [0.05, 0.1) is 11.6 Å². The lowest BCUT2D eigenvalue weighted by Gasteiger charge is -2.21. The maximum absolute atomic E-state index is 10.1. The minimum atomic E-state index is -0.477. The molecule has 1 saturated heterocycles. The van der Waals surface area contributed by atoms with Crippen LogP contribution in [0.1, 0.15) is 24.8 Å². The van der Waals surface area contributed by atoms with Gasteiger partial charge in [0.25, 0.3) is 0 Å². The van der Waals surface area contributed by atoms with E-state index in [0.717, 1.165) is 24.9 Å². The third kappa shape index (κ3) is 3.55. The Morgan fingerprint density at radius 1 is 1.33 bits per heavy atom. The normalized spacial score (nSPS) is 26.3. The molecule has 1 aliphatic carbocycles. The fourth-order valence-electron chi connectivity index (χ4n) is 3.68. The number of rotatable bonds is 5. The SMILES string of the molecule is N#Cc1cccc(OCC(O)CN2CC3CCCC3C2)c1. The first-order valence-electron chi connectivity index (χ1n) is 7.78. The Balaban J connectivity index is 1.44. The molecule has 1 heterocycles. The summed E-state index contributed by atoms with van der Waals surface area (Å²) in [6.45, 7) is 3.23. The van der Waals surface area contributed by atoms with Gasteiger partial charge in [-0.1, -0.05) is 12.5 Å². The van der Waals surface area contributed by atoms with Crippen molar-refractivity contribution in [1.29, 1.82) is 5.26 Å². The summed E-state index contributed by atoms with van der Waals surface area (Å²) >= 11 is 0. The van der Waals surface area contributed by atoms with Crippen LogP contribution in [0.25, 0.3) is 0 Å². The molecule has 0 radical (unpaired) electrons. The highest BCUT2D eigenvalue weighted by atomic mass is 16.5. The van der Waals surface area contributed by atoms with Crippen molar-refractivity contribution in [1.82, 2.24) is 4.90 Å². The van der Waals surface area contributed by atoms with E-state index < -0.39 is 6.10 Å². The molecule has 0 aromatic heterocycles. The Morgan fingerprint density at radius 3 is 2.81 bits per heavy atom. The van der Waals surface area contributed by atoms with Crippen molar-refractivity contribution in [2.45, 2.75) is 25.4 Å². The van der Waals surface area contributed by atoms with Crippen LogP contribution in [0.5, 0.6) is 5.75 Å². The number of hydrogen-bond acceptors (Lipinski definition) is 4. The van der Waals surface area contributed by atoms with E-state index >= 15 is 0 Å². The molecule has 3 unspecified atom stereocenters. The number of ether oxygens (including phenoxy) is 1. The average Bonchev–Trinajstić information content (AvgIpc) is 3.06. The van der Waals surface area contributed by atoms with Gasteiger partial charge in [0.2, 0.25) is 0 Å². The number of aliphatic hydroxyl groups excluding tert-OH is 1. The van der Waals surface area contributed by atoms with Crippen LogP contribution in [0.15, 0.2) is 24.3 Å². The summed E-state index contributed by atoms with van der Waals surface area (Å²) in [6.07, 6.45) is 3.61. The summed E-state index contributed by atoms with van der Waals surface area (Å²) in [5, 5.41) is 19.0. The van der Waals surface area contributed by atoms with Crippen molar-refractivity contribution in [3.05, 3.63) is 29.8 Å². The van der Waals surface area contributed by atoms with Gasteiger partial charge in [0, 0.05) is 19.6 Å². The number of aliphatic hydroxyl groups is 1. The summed E-state index contributed by atoms with van der Waals surface area (Å²) in [4.78, 5) is 2.37. The van der Waals surface area contributed by atoms with E-state index in [4.69, 9.17) is 10.00 Å². The maximum atomic E-state index is 10.1. The van der Waals surface area contributed by atoms with Gasteiger partial charge in [0.1, 0.15) is 18.5 Å². The van der Waals surface area contributed by atoms with E-state index in [-0.39, 0.29) is 6.61 Å². The Hall–Kier alpha value is -1.57. The zero-order valence-corrected chi connectivity index (χ0v) is 12.2. The van der Waals surface area contributed by atoms with Gasteiger partial charge < -0.3 is 14.7 Å². The van der Waals surface area contributed by atoms with E-state index in [1.165, 1.54) is 19.3 Å². The molecule has 2 fully saturated rings. The van der Waals surface area contributed by atoms with Crippen LogP contribution in [0.4, 0.5) is 0 Å². The largest absolute Gasteiger partial charge is 0.491 e. The van der Waals surface area contributed by atoms with Gasteiger partial charge in [-0.25, -0.2) is 0 Å². The molecule has 2 aliphatic rings. The molecule has 1 aromatic carbocycles. The monoisotopic (exact) mass is 286 g/mol. The first-order valence-corrected chi connectivity index (χ1v) is 7.78. The smallest absolute Gasteiger partial charge is 0.120 e. The van der Waals surface area contributed by atoms with Gasteiger partial charge in [-0.05, 0) is 42.9 Å². The molecular formula is C17H22N2O2. The highest BCUT2D eigenvalue weighted by molar-refractivity contribution is 5.36. The standard InChI is InChI=1S/C17H22N2O2/c18-8-13-3-1-6-17(7-13)21-12-16(20)11-19-9-14-4-2-5-15(14)10-19/h1,3,6-7,14-16,20H,2,4-5,9-12H2. The number of nitriles is 1. The van der Waals surface area contributed by atoms with Crippen LogP contribution in [0.3, 0.4) is 0 Å². The summed E-state index contributed by atoms with van der Waals surface area (Å²) < 4.78 is 5.59. The molecule has 4 heteroatoms. The number of fused-ring (bicyclic) bond motifs is 1. The van der Waals surface area contributed by atoms with E-state index in [1.807, 2.05) is 6.07 Å². The summed E-state index contributed by atoms with van der Waals surface area (Å²) in [6, 6.07) is 9.14. The van der Waals surface area contributed by atoms with Gasteiger partial charge in [0.15, 0.2) is 0 Å². The van der Waals surface area contributed by atoms with Crippen molar-refractivity contribution < 1.29 is 9.84 Å². The Kier molecular flexibility index (Phi) is 4.42. The quantitative estimate of drug-likeness (QED) is 0.900. The summed E-state index contributed by atoms with van der Waals surface area (Å²) in [7, 11) is 0. The van der Waals surface area contributed by atoms with Crippen LogP contribution in [-0.2, 0) is 0 Å². The molecule has 3 atom stereocenters. The number of likely N-dealkylation sites (tertiary alicyclic amines) is 1. The highest BCUT2D eigenvalue weighted by Gasteiger charge is 2.36. The average molecular weight is 286 g/mol. The lowest BCUT2D eigenvalue weighted by atomic mass is 10.0. The van der Waals surface area contributed by atoms with E-state index in [0.29, 0.717) is 17.9 Å². The third-order valence-electron chi connectivity index (χ3n) is 4.68. The number of hydrogen-bond donors (Lipinski definition) is 1. The zero-order valence-electron chi connectivity index (χ0n) is 12.2. The zero-order chi connectivity index (χ0) is 14.7. The van der Waals surface area contributed by atoms with Gasteiger partial charge in [-0.2, -0.15) is 5.26 Å². The van der Waals surface area contributed by atoms with Crippen LogP contribution < -0.4 is 4.74 Å². The predicted molar refractivity (Wildman–Crippen MR) is 79.9 cm³/mol. The fourth-order valence-corrected chi connectivity index (χ4v) is 3.68. The summed E-state index contributed by atoms with van der Waals surface area (Å²) in [5.74, 6) is 2.35. The van der Waals surface area contributed by atoms with Gasteiger partial charge >= 0.3 is 0 Å². The summed E-state index contributed by atoms with van der Waals surface area (Å²) in [5.41, 5.74) is 0.578. The molecular weight excluding hydrogens is 264 g/mol. The molecule has 4 nitrogen and oxygen atoms in total. The highest BCUT2D eigenvalue weighted by Crippen LogP contribution is 2.37. The van der Waals surface area contributed by atoms with E-state index in [2.05, 4.69) is 11.0 Å². The lowest BCUT2D eigenvalue weighted by Crippen LogP contribution is -2.34. The van der Waals surface area contributed by atoms with Crippen LogP contribution in [-0.4, -0.2) is 42.4 Å². The molecule has 0 spiro atoms. The van der Waals surface area contributed by atoms with Gasteiger partial charge in [-0.3, -0.25) is 0 Å². The second kappa shape index (κ2) is 6.46. The number of nitrogens with zero attached hydrogens (tertiary/aromatic N) is 2. The first kappa shape index (κ1) is 14.4. The molecule has 1 aliphatic heterocycles. The first-order chi connectivity index (χ1) is 10.2. The van der Waals surface area contributed by atoms with Crippen LogP contribution in [0.2, 0.25) is 0 Å². The topological polar surface area (TPSA) is 56.5 Å². The molecule has 1 saturated carbocycles. The molecule has 21 heavy (non-hydrogen) atoms. The fraction of sp³-hybridized carbons (Fsp3) is 0.588. The number of β-amino-alcohol motifs (C(OH)–C–C–N with tert-alkyl or cyclic N) is 1. The van der Waals surface area contributed by atoms with Crippen molar-refractivity contribution in [2.75, 3.05) is 26.2 Å². The van der Waals surface area contributed by atoms with Crippen LogP contribution in [0, 0.1) is 23.2 Å². The molecule has 0 amide bonds. The third-order valence-corrected chi connectivity index (χ3v) is 4.68. The van der Waals surface area contributed by atoms with Crippen molar-refractivity contribution in [3.63, 3.8) is 0 Å². The van der Waals surface area contributed by atoms with E-state index in [9.17, 15) is 5.11 Å². The minimum absolute atomic E-state index is 0.278. The number of benzene rings is 1. The van der Waals surface area contributed by atoms with Crippen molar-refractivity contribution in [3.8, 4) is 11.8 Å². The lowest BCUT2D eigenvalue weighted by molar-refractivity contribution is 0.0734. The maximum Gasteiger partial charge on any atom is 0.120 e. The van der Waals surface area contributed by atoms with Crippen molar-refractivity contribution >= 4 is 0 Å². The van der Waals surface area contributed by atoms with Crippen LogP contribution >= 0.6 is 0 Å². The van der Waals surface area contributed by atoms with Gasteiger partial charge in [-0.15, -0.1) is 0 Å². The molecule has 1 N–H and O–H groups in total. The molecule has 112 valence electrons. The Bertz CT molecular complexity index is 514. The predicted octanol–water partition coefficient (Wildman–Crippen LogP) is 2.03. The van der Waals surface area contributed by atoms with E-state index in [1.54, 1.807) is 18.2 Å². The molecule has 1 aromatic rings. The second-order valence-corrected chi connectivity index (χ2v) is 6.27. The molecule has 0 bridgehead atoms. The Labute approximate surface area is 125 Å².